The molecule has 0 saturated heterocycles. The first-order valence-corrected chi connectivity index (χ1v) is 7.21. The summed E-state index contributed by atoms with van der Waals surface area (Å²) in [4.78, 5) is 11.9. The van der Waals surface area contributed by atoms with Gasteiger partial charge < -0.3 is 10.4 Å². The molecule has 0 bridgehead atoms. The third kappa shape index (κ3) is 3.18. The highest BCUT2D eigenvalue weighted by Gasteiger charge is 2.25. The Kier molecular flexibility index (Phi) is 4.51. The number of hydrogen-bond acceptors (Lipinski definition) is 2. The van der Waals surface area contributed by atoms with Crippen molar-refractivity contribution in [3.8, 4) is 5.75 Å². The van der Waals surface area contributed by atoms with Crippen LogP contribution in [0.1, 0.15) is 29.6 Å². The van der Waals surface area contributed by atoms with Crippen LogP contribution in [0.25, 0.3) is 0 Å². The first-order chi connectivity index (χ1) is 8.58. The van der Waals surface area contributed by atoms with Crippen LogP contribution in [-0.4, -0.2) is 22.9 Å². The van der Waals surface area contributed by atoms with Gasteiger partial charge in [-0.2, -0.15) is 0 Å². The van der Waals surface area contributed by atoms with Gasteiger partial charge in [0.25, 0.3) is 5.91 Å². The Hall–Kier alpha value is -0.740. The second kappa shape index (κ2) is 5.93. The van der Waals surface area contributed by atoms with Gasteiger partial charge in [0.15, 0.2) is 0 Å². The van der Waals surface area contributed by atoms with E-state index in [-0.39, 0.29) is 17.0 Å². The van der Waals surface area contributed by atoms with E-state index in [4.69, 9.17) is 11.6 Å². The summed E-state index contributed by atoms with van der Waals surface area (Å²) < 4.78 is 0.744. The number of aromatic hydroxyl groups is 1. The summed E-state index contributed by atoms with van der Waals surface area (Å²) in [6, 6.07) is 4.84. The monoisotopic (exact) mass is 331 g/mol. The summed E-state index contributed by atoms with van der Waals surface area (Å²) in [5.41, 5.74) is 0.294. The van der Waals surface area contributed by atoms with Gasteiger partial charge in [0.05, 0.1) is 5.56 Å². The highest BCUT2D eigenvalue weighted by molar-refractivity contribution is 9.10. The molecule has 1 aromatic carbocycles. The molecule has 2 rings (SSSR count). The van der Waals surface area contributed by atoms with Crippen molar-refractivity contribution in [1.82, 2.24) is 5.32 Å². The van der Waals surface area contributed by atoms with E-state index in [2.05, 4.69) is 21.2 Å². The first kappa shape index (κ1) is 13.7. The number of halogens is 2. The molecule has 98 valence electrons. The highest BCUT2D eigenvalue weighted by atomic mass is 79.9. The van der Waals surface area contributed by atoms with Crippen molar-refractivity contribution in [2.24, 2.45) is 5.92 Å². The SMILES string of the molecule is O=C(NCC1CCCC1Cl)c1ccc(Br)cc1O. The number of phenols is 1. The molecule has 0 spiro atoms. The molecule has 2 atom stereocenters. The van der Waals surface area contributed by atoms with Crippen molar-refractivity contribution in [1.29, 1.82) is 0 Å². The smallest absolute Gasteiger partial charge is 0.255 e. The molecule has 18 heavy (non-hydrogen) atoms. The second-order valence-corrected chi connectivity index (χ2v) is 6.05. The highest BCUT2D eigenvalue weighted by Crippen LogP contribution is 2.29. The Balaban J connectivity index is 1.95. The second-order valence-electron chi connectivity index (χ2n) is 4.58. The van der Waals surface area contributed by atoms with Gasteiger partial charge in [-0.3, -0.25) is 4.79 Å². The zero-order valence-corrected chi connectivity index (χ0v) is 12.2. The lowest BCUT2D eigenvalue weighted by atomic mass is 10.1. The predicted octanol–water partition coefficient (Wildman–Crippen LogP) is 3.29. The third-order valence-electron chi connectivity index (χ3n) is 3.30. The summed E-state index contributed by atoms with van der Waals surface area (Å²) in [5.74, 6) is 0.0692. The standard InChI is InChI=1S/C13H15BrClNO2/c14-9-4-5-10(12(17)6-9)13(18)16-7-8-2-1-3-11(8)15/h4-6,8,11,17H,1-3,7H2,(H,16,18). The zero-order valence-electron chi connectivity index (χ0n) is 9.83. The Morgan fingerprint density at radius 1 is 1.50 bits per heavy atom. The summed E-state index contributed by atoms with van der Waals surface area (Å²) in [7, 11) is 0. The average Bonchev–Trinajstić information content (AvgIpc) is 2.72. The first-order valence-electron chi connectivity index (χ1n) is 5.98. The molecule has 5 heteroatoms. The van der Waals surface area contributed by atoms with Crippen LogP contribution in [0.2, 0.25) is 0 Å². The normalized spacial score (nSPS) is 23.0. The van der Waals surface area contributed by atoms with E-state index in [1.54, 1.807) is 12.1 Å². The molecule has 1 saturated carbocycles. The van der Waals surface area contributed by atoms with Crippen LogP contribution in [0.3, 0.4) is 0 Å². The van der Waals surface area contributed by atoms with E-state index in [0.717, 1.165) is 23.7 Å². The van der Waals surface area contributed by atoms with E-state index < -0.39 is 0 Å². The molecule has 0 heterocycles. The number of amides is 1. The molecular weight excluding hydrogens is 318 g/mol. The number of nitrogens with one attached hydrogen (secondary N) is 1. The summed E-state index contributed by atoms with van der Waals surface area (Å²) in [6.45, 7) is 0.572. The lowest BCUT2D eigenvalue weighted by Gasteiger charge is -2.14. The van der Waals surface area contributed by atoms with Gasteiger partial charge in [0.1, 0.15) is 5.75 Å². The molecule has 1 aliphatic carbocycles. The van der Waals surface area contributed by atoms with Crippen LogP contribution in [0.15, 0.2) is 22.7 Å². The van der Waals surface area contributed by atoms with E-state index in [0.29, 0.717) is 18.0 Å². The maximum atomic E-state index is 11.9. The van der Waals surface area contributed by atoms with Gasteiger partial charge >= 0.3 is 0 Å². The Bertz CT molecular complexity index is 453. The Morgan fingerprint density at radius 3 is 2.89 bits per heavy atom. The number of carbonyl (C=O) groups excluding carboxylic acids is 1. The van der Waals surface area contributed by atoms with Crippen LogP contribution < -0.4 is 5.32 Å². The molecule has 0 radical (unpaired) electrons. The number of benzene rings is 1. The average molecular weight is 333 g/mol. The van der Waals surface area contributed by atoms with Gasteiger partial charge in [-0.25, -0.2) is 0 Å². The van der Waals surface area contributed by atoms with Crippen LogP contribution >= 0.6 is 27.5 Å². The fourth-order valence-corrected chi connectivity index (χ4v) is 2.96. The van der Waals surface area contributed by atoms with E-state index >= 15 is 0 Å². The summed E-state index contributed by atoms with van der Waals surface area (Å²) in [6.07, 6.45) is 3.20. The fraction of sp³-hybridized carbons (Fsp3) is 0.462. The topological polar surface area (TPSA) is 49.3 Å². The Morgan fingerprint density at radius 2 is 2.28 bits per heavy atom. The molecule has 3 nitrogen and oxygen atoms in total. The van der Waals surface area contributed by atoms with Crippen LogP contribution in [0, 0.1) is 5.92 Å². The van der Waals surface area contributed by atoms with Crippen molar-refractivity contribution >= 4 is 33.4 Å². The maximum absolute atomic E-state index is 11.9. The summed E-state index contributed by atoms with van der Waals surface area (Å²) >= 11 is 9.39. The van der Waals surface area contributed by atoms with Gasteiger partial charge in [0, 0.05) is 16.4 Å². The zero-order chi connectivity index (χ0) is 13.1. The molecule has 2 unspecified atom stereocenters. The third-order valence-corrected chi connectivity index (χ3v) is 4.36. The molecule has 0 aliphatic heterocycles. The number of rotatable bonds is 3. The van der Waals surface area contributed by atoms with Gasteiger partial charge in [-0.15, -0.1) is 11.6 Å². The minimum absolute atomic E-state index is 0.0179. The molecule has 1 fully saturated rings. The van der Waals surface area contributed by atoms with Crippen LogP contribution in [0.4, 0.5) is 0 Å². The van der Waals surface area contributed by atoms with Crippen molar-refractivity contribution in [2.75, 3.05) is 6.54 Å². The lowest BCUT2D eigenvalue weighted by Crippen LogP contribution is -2.31. The minimum atomic E-state index is -0.254. The molecule has 1 amide bonds. The lowest BCUT2D eigenvalue weighted by molar-refractivity contribution is 0.0945. The van der Waals surface area contributed by atoms with Crippen molar-refractivity contribution in [3.63, 3.8) is 0 Å². The predicted molar refractivity (Wildman–Crippen MR) is 75.1 cm³/mol. The number of alkyl halides is 1. The van der Waals surface area contributed by atoms with Gasteiger partial charge in [-0.05, 0) is 37.0 Å². The van der Waals surface area contributed by atoms with E-state index in [1.165, 1.54) is 6.07 Å². The van der Waals surface area contributed by atoms with Crippen molar-refractivity contribution in [2.45, 2.75) is 24.6 Å². The largest absolute Gasteiger partial charge is 0.507 e. The fourth-order valence-electron chi connectivity index (χ4n) is 2.24. The van der Waals surface area contributed by atoms with Crippen LogP contribution in [-0.2, 0) is 0 Å². The quantitative estimate of drug-likeness (QED) is 0.835. The van der Waals surface area contributed by atoms with E-state index in [1.807, 2.05) is 0 Å². The van der Waals surface area contributed by atoms with Crippen LogP contribution in [0.5, 0.6) is 5.75 Å². The molecule has 1 aromatic rings. The number of carbonyl (C=O) groups is 1. The van der Waals surface area contributed by atoms with Gasteiger partial charge in [-0.1, -0.05) is 22.4 Å². The van der Waals surface area contributed by atoms with Crippen molar-refractivity contribution in [3.05, 3.63) is 28.2 Å². The minimum Gasteiger partial charge on any atom is -0.507 e. The Labute approximate surface area is 120 Å². The van der Waals surface area contributed by atoms with Gasteiger partial charge in [0.2, 0.25) is 0 Å². The summed E-state index contributed by atoms with van der Waals surface area (Å²) in [5, 5.41) is 12.7. The molecule has 2 N–H and O–H groups in total. The molecule has 1 aliphatic rings. The maximum Gasteiger partial charge on any atom is 0.255 e. The van der Waals surface area contributed by atoms with Crippen molar-refractivity contribution < 1.29 is 9.90 Å². The molecular formula is C13H15BrClNO2. The number of hydrogen-bond donors (Lipinski definition) is 2. The number of phenolic OH excluding ortho intramolecular Hbond substituents is 1. The van der Waals surface area contributed by atoms with E-state index in [9.17, 15) is 9.90 Å². The molecule has 0 aromatic heterocycles.